The van der Waals surface area contributed by atoms with E-state index in [-0.39, 0.29) is 11.6 Å². The van der Waals surface area contributed by atoms with Crippen LogP contribution in [0.4, 0.5) is 16.1 Å². The average molecular weight is 944 g/mol. The van der Waals surface area contributed by atoms with Gasteiger partial charge in [0.2, 0.25) is 10.3 Å². The molecule has 3 aromatic carbocycles. The Kier molecular flexibility index (Phi) is 16.1. The van der Waals surface area contributed by atoms with Crippen LogP contribution in [0, 0.1) is 0 Å². The number of nitrogens with one attached hydrogen (secondary N) is 4. The highest BCUT2D eigenvalue weighted by molar-refractivity contribution is 7.99. The molecule has 2 amide bonds. The van der Waals surface area contributed by atoms with E-state index in [0.717, 1.165) is 54.8 Å². The molecule has 0 fully saturated rings. The summed E-state index contributed by atoms with van der Waals surface area (Å²) in [7, 11) is 0. The molecule has 0 saturated heterocycles. The molecule has 4 aromatic heterocycles. The van der Waals surface area contributed by atoms with Gasteiger partial charge in [0, 0.05) is 65.6 Å². The number of benzene rings is 3. The summed E-state index contributed by atoms with van der Waals surface area (Å²) in [6.07, 6.45) is 4.63. The van der Waals surface area contributed by atoms with Crippen LogP contribution in [-0.4, -0.2) is 110 Å². The second-order valence-electron chi connectivity index (χ2n) is 14.8. The van der Waals surface area contributed by atoms with Crippen LogP contribution < -0.4 is 32.1 Å². The molecule has 66 heavy (non-hydrogen) atoms. The van der Waals surface area contributed by atoms with E-state index in [4.69, 9.17) is 20.4 Å². The second-order valence-corrected chi connectivity index (χ2v) is 17.6. The Balaban J connectivity index is 0.724. The van der Waals surface area contributed by atoms with Crippen LogP contribution in [0.25, 0.3) is 22.4 Å². The van der Waals surface area contributed by atoms with E-state index >= 15 is 0 Å². The monoisotopic (exact) mass is 943 g/mol. The van der Waals surface area contributed by atoms with E-state index < -0.39 is 5.91 Å². The molecule has 18 nitrogen and oxygen atoms in total. The molecule has 0 bridgehead atoms. The molecule has 1 aliphatic heterocycles. The zero-order valence-corrected chi connectivity index (χ0v) is 38.7. The lowest BCUT2D eigenvalue weighted by Gasteiger charge is -2.09. The quantitative estimate of drug-likeness (QED) is 0.0206. The number of carbonyl (C=O) groups is 2. The number of nitrogens with zero attached hydrogens (tertiary/aromatic N) is 10. The molecule has 0 unspecified atom stereocenters. The molecule has 340 valence electrons. The minimum atomic E-state index is -0.407. The number of hydrogen-bond donors (Lipinski definition) is 5. The van der Waals surface area contributed by atoms with Crippen LogP contribution in [0.5, 0.6) is 0 Å². The lowest BCUT2D eigenvalue weighted by molar-refractivity contribution is -0.112. The fourth-order valence-corrected chi connectivity index (χ4v) is 8.66. The molecule has 8 rings (SSSR count). The van der Waals surface area contributed by atoms with Crippen molar-refractivity contribution >= 4 is 84.9 Å². The van der Waals surface area contributed by atoms with E-state index in [1.165, 1.54) is 33.2 Å². The van der Waals surface area contributed by atoms with Crippen LogP contribution >= 0.6 is 34.4 Å². The molecule has 0 spiro atoms. The lowest BCUT2D eigenvalue weighted by atomic mass is 10.1. The number of aromatic nitrogens is 7. The van der Waals surface area contributed by atoms with E-state index in [1.807, 2.05) is 57.9 Å². The number of aryl methyl sites for hydroxylation is 1. The van der Waals surface area contributed by atoms with Crippen LogP contribution in [0.3, 0.4) is 0 Å². The predicted octanol–water partition coefficient (Wildman–Crippen LogP) is 5.91. The van der Waals surface area contributed by atoms with Crippen molar-refractivity contribution in [2.24, 2.45) is 15.9 Å². The number of anilines is 3. The van der Waals surface area contributed by atoms with Crippen LogP contribution in [-0.2, 0) is 22.5 Å². The molecule has 21 heteroatoms. The van der Waals surface area contributed by atoms with Crippen molar-refractivity contribution in [2.75, 3.05) is 67.4 Å². The van der Waals surface area contributed by atoms with Crippen molar-refractivity contribution < 1.29 is 14.3 Å². The maximum absolute atomic E-state index is 13.6. The molecule has 5 heterocycles. The zero-order valence-electron chi connectivity index (χ0n) is 36.2. The Morgan fingerprint density at radius 1 is 0.909 bits per heavy atom. The molecule has 0 atom stereocenters. The number of ether oxygens (including phenoxy) is 1. The molecule has 0 saturated carbocycles. The Labute approximate surface area is 393 Å². The third kappa shape index (κ3) is 11.8. The fraction of sp³-hybridized carbons (Fsp3) is 0.289. The van der Waals surface area contributed by atoms with Gasteiger partial charge in [-0.15, -0.1) is 27.8 Å². The number of fused-ring (bicyclic) bond motifs is 1. The first kappa shape index (κ1) is 46.1. The van der Waals surface area contributed by atoms with Crippen LogP contribution in [0.15, 0.2) is 111 Å². The van der Waals surface area contributed by atoms with Gasteiger partial charge in [-0.1, -0.05) is 90.6 Å². The van der Waals surface area contributed by atoms with Gasteiger partial charge in [0.05, 0.1) is 25.5 Å². The number of thioether (sulfide) groups is 1. The van der Waals surface area contributed by atoms with E-state index in [2.05, 4.69) is 83.0 Å². The summed E-state index contributed by atoms with van der Waals surface area (Å²) in [5, 5.41) is 34.0. The molecule has 0 radical (unpaired) electrons. The van der Waals surface area contributed by atoms with Gasteiger partial charge in [0.15, 0.2) is 27.8 Å². The largest absolute Gasteiger partial charge is 0.378 e. The van der Waals surface area contributed by atoms with Crippen LogP contribution in [0.1, 0.15) is 46.8 Å². The highest BCUT2D eigenvalue weighted by Gasteiger charge is 2.36. The number of amides is 2. The molecule has 7 aromatic rings. The Morgan fingerprint density at radius 3 is 2.52 bits per heavy atom. The van der Waals surface area contributed by atoms with Gasteiger partial charge in [-0.25, -0.2) is 24.6 Å². The number of carbonyl (C=O) groups excluding carboxylic acids is 2. The highest BCUT2D eigenvalue weighted by atomic mass is 32.2. The van der Waals surface area contributed by atoms with Crippen molar-refractivity contribution in [1.82, 2.24) is 45.6 Å². The fourth-order valence-electron chi connectivity index (χ4n) is 6.71. The first-order chi connectivity index (χ1) is 32.5. The van der Waals surface area contributed by atoms with Crippen molar-refractivity contribution in [3.05, 3.63) is 118 Å². The summed E-state index contributed by atoms with van der Waals surface area (Å²) in [6.45, 7) is 6.69. The lowest BCUT2D eigenvalue weighted by Crippen LogP contribution is -2.28. The molecular formula is C45H49N15O3S3. The highest BCUT2D eigenvalue weighted by Crippen LogP contribution is 2.31. The van der Waals surface area contributed by atoms with Crippen molar-refractivity contribution in [2.45, 2.75) is 37.9 Å². The topological polar surface area (TPSA) is 228 Å². The van der Waals surface area contributed by atoms with E-state index in [1.54, 1.807) is 30.1 Å². The van der Waals surface area contributed by atoms with Gasteiger partial charge in [-0.3, -0.25) is 15.0 Å². The molecule has 0 aliphatic carbocycles. The molecular weight excluding hydrogens is 895 g/mol. The molecule has 6 N–H and O–H groups in total. The molecule has 1 aliphatic rings. The van der Waals surface area contributed by atoms with Gasteiger partial charge < -0.3 is 26.4 Å². The average Bonchev–Trinajstić information content (AvgIpc) is 4.19. The third-order valence-electron chi connectivity index (χ3n) is 10.0. The minimum absolute atomic E-state index is 0.158. The van der Waals surface area contributed by atoms with E-state index in [0.29, 0.717) is 88.8 Å². The van der Waals surface area contributed by atoms with Crippen molar-refractivity contribution in [1.29, 1.82) is 0 Å². The van der Waals surface area contributed by atoms with Crippen molar-refractivity contribution in [3.8, 4) is 11.3 Å². The predicted molar refractivity (Wildman–Crippen MR) is 263 cm³/mol. The summed E-state index contributed by atoms with van der Waals surface area (Å²) < 4.78 is 7.57. The standard InChI is InChI=1S/C45H49N15O3S3/c1-2-26-64-44-52-39(48-20-18-46)38-40(53-44)59(58-55-38)28-31-12-10-30(11-13-31)7-6-19-47-21-24-63-25-22-49-41(61)34-16-14-32(15-17-34)35-29-66-45(51-35)60-42(62)37(54-56-43-50-23-27-65-43)36(57-60)33-8-4-3-5-9-33/h3-5,8-17,23,27,29,47H,2,6-7,18-22,24-26,28,46H2,1H3,(H,49,61)(H,50,56)(H,48,52,53)/b54-37+. The van der Waals surface area contributed by atoms with Crippen LogP contribution in [0.2, 0.25) is 0 Å². The SMILES string of the molecule is CCCSc1nc(NCCN)c2nnn(Cc3ccc(CCCNCCOCCNC(=O)c4ccc(-c5csc(N6N=C(c7ccccc7)/C(=N\Nc7nccs7)C6=O)n5)cc4)cc3)c2n1. The smallest absolute Gasteiger partial charge is 0.303 e. The number of thiazole rings is 2. The second kappa shape index (κ2) is 23.1. The Hall–Kier alpha value is -6.49. The summed E-state index contributed by atoms with van der Waals surface area (Å²) in [5.74, 6) is 0.994. The summed E-state index contributed by atoms with van der Waals surface area (Å²) >= 11 is 4.28. The van der Waals surface area contributed by atoms with Gasteiger partial charge in [0.1, 0.15) is 5.71 Å². The normalized spacial score (nSPS) is 13.2. The Bertz CT molecular complexity index is 2740. The first-order valence-corrected chi connectivity index (χ1v) is 24.3. The summed E-state index contributed by atoms with van der Waals surface area (Å²) in [4.78, 5) is 44.8. The summed E-state index contributed by atoms with van der Waals surface area (Å²) in [6, 6.07) is 25.2. The number of rotatable bonds is 24. The van der Waals surface area contributed by atoms with E-state index in [9.17, 15) is 9.59 Å². The van der Waals surface area contributed by atoms with Gasteiger partial charge in [-0.05, 0) is 49.1 Å². The summed E-state index contributed by atoms with van der Waals surface area (Å²) in [5.41, 5.74) is 15.6. The Morgan fingerprint density at radius 2 is 1.73 bits per heavy atom. The zero-order chi connectivity index (χ0) is 45.5. The van der Waals surface area contributed by atoms with Gasteiger partial charge in [0.25, 0.3) is 5.91 Å². The maximum atomic E-state index is 13.6. The number of nitrogens with two attached hydrogens (primary N) is 1. The number of hydrazone groups is 2. The maximum Gasteiger partial charge on any atom is 0.303 e. The third-order valence-corrected chi connectivity index (χ3v) is 12.6. The first-order valence-electron chi connectivity index (χ1n) is 21.6. The van der Waals surface area contributed by atoms with Gasteiger partial charge in [-0.2, -0.15) is 15.2 Å². The van der Waals surface area contributed by atoms with Crippen molar-refractivity contribution in [3.63, 3.8) is 0 Å². The minimum Gasteiger partial charge on any atom is -0.378 e. The van der Waals surface area contributed by atoms with Gasteiger partial charge >= 0.3 is 5.91 Å². The number of hydrogen-bond acceptors (Lipinski definition) is 18.